The lowest BCUT2D eigenvalue weighted by Crippen LogP contribution is -2.56. The molecule has 0 radical (unpaired) electrons. The first-order chi connectivity index (χ1) is 8.72. The maximum absolute atomic E-state index is 6.30. The molecule has 5 heteroatoms. The van der Waals surface area contributed by atoms with Gasteiger partial charge in [-0.25, -0.2) is 0 Å². The highest BCUT2D eigenvalue weighted by atomic mass is 16.7. The van der Waals surface area contributed by atoms with Gasteiger partial charge < -0.3 is 19.9 Å². The Kier molecular flexibility index (Phi) is 3.60. The molecule has 0 aromatic rings. The molecule has 104 valence electrons. The van der Waals surface area contributed by atoms with Crippen molar-refractivity contribution < 1.29 is 14.2 Å². The lowest BCUT2D eigenvalue weighted by atomic mass is 9.85. The number of rotatable bonds is 2. The third kappa shape index (κ3) is 2.30. The topological polar surface area (TPSA) is 57.0 Å². The van der Waals surface area contributed by atoms with Crippen molar-refractivity contribution in [3.63, 3.8) is 0 Å². The quantitative estimate of drug-likeness (QED) is 0.771. The Balaban J connectivity index is 1.66. The molecule has 2 N–H and O–H groups in total. The lowest BCUT2D eigenvalue weighted by Gasteiger charge is -2.43. The van der Waals surface area contributed by atoms with Gasteiger partial charge in [0.1, 0.15) is 0 Å². The van der Waals surface area contributed by atoms with E-state index in [0.717, 1.165) is 52.0 Å². The number of nitrogens with zero attached hydrogens (tertiary/aromatic N) is 1. The predicted octanol–water partition coefficient (Wildman–Crippen LogP) is 0.330. The van der Waals surface area contributed by atoms with E-state index in [0.29, 0.717) is 12.1 Å². The molecule has 18 heavy (non-hydrogen) atoms. The first-order valence-corrected chi connectivity index (χ1v) is 7.03. The highest BCUT2D eigenvalue weighted by Crippen LogP contribution is 2.38. The van der Waals surface area contributed by atoms with Crippen molar-refractivity contribution >= 4 is 0 Å². The molecule has 1 saturated carbocycles. The summed E-state index contributed by atoms with van der Waals surface area (Å²) in [7, 11) is 1.79. The molecule has 0 aromatic heterocycles. The molecule has 2 heterocycles. The first-order valence-electron chi connectivity index (χ1n) is 7.03. The highest BCUT2D eigenvalue weighted by Gasteiger charge is 2.46. The van der Waals surface area contributed by atoms with Crippen LogP contribution in [0.3, 0.4) is 0 Å². The average Bonchev–Trinajstić information content (AvgIpc) is 3.02. The minimum Gasteiger partial charge on any atom is -0.380 e. The average molecular weight is 256 g/mol. The van der Waals surface area contributed by atoms with E-state index in [2.05, 4.69) is 4.90 Å². The number of ether oxygens (including phenoxy) is 3. The van der Waals surface area contributed by atoms with Gasteiger partial charge in [0.25, 0.3) is 0 Å². The maximum Gasteiger partial charge on any atom is 0.170 e. The Hall–Kier alpha value is -0.200. The molecular formula is C13H24N2O3. The molecule has 3 atom stereocenters. The second-order valence-electron chi connectivity index (χ2n) is 5.72. The smallest absolute Gasteiger partial charge is 0.170 e. The molecule has 5 nitrogen and oxygen atoms in total. The molecular weight excluding hydrogens is 232 g/mol. The molecule has 2 saturated heterocycles. The monoisotopic (exact) mass is 256 g/mol. The zero-order chi connectivity index (χ0) is 12.6. The van der Waals surface area contributed by atoms with Crippen LogP contribution >= 0.6 is 0 Å². The van der Waals surface area contributed by atoms with Gasteiger partial charge in [0.2, 0.25) is 0 Å². The SMILES string of the molecule is COC1CCN(C2CC3(CCC2N)OCCO3)C1. The van der Waals surface area contributed by atoms with E-state index in [9.17, 15) is 0 Å². The molecule has 3 rings (SSSR count). The van der Waals surface area contributed by atoms with E-state index in [1.165, 1.54) is 0 Å². The molecule has 1 aliphatic carbocycles. The zero-order valence-corrected chi connectivity index (χ0v) is 11.1. The summed E-state index contributed by atoms with van der Waals surface area (Å²) in [5, 5.41) is 0. The molecule has 2 aliphatic heterocycles. The Morgan fingerprint density at radius 3 is 2.72 bits per heavy atom. The van der Waals surface area contributed by atoms with Crippen LogP contribution in [0.2, 0.25) is 0 Å². The van der Waals surface area contributed by atoms with Crippen LogP contribution in [0.25, 0.3) is 0 Å². The lowest BCUT2D eigenvalue weighted by molar-refractivity contribution is -0.191. The molecule has 3 fully saturated rings. The summed E-state index contributed by atoms with van der Waals surface area (Å²) in [5.41, 5.74) is 6.30. The third-order valence-electron chi connectivity index (χ3n) is 4.67. The maximum atomic E-state index is 6.30. The van der Waals surface area contributed by atoms with Gasteiger partial charge >= 0.3 is 0 Å². The number of hydrogen-bond acceptors (Lipinski definition) is 5. The fourth-order valence-corrected chi connectivity index (χ4v) is 3.56. The second-order valence-corrected chi connectivity index (χ2v) is 5.72. The molecule has 3 aliphatic rings. The van der Waals surface area contributed by atoms with Gasteiger partial charge in [0.15, 0.2) is 5.79 Å². The summed E-state index contributed by atoms with van der Waals surface area (Å²) < 4.78 is 17.1. The van der Waals surface area contributed by atoms with E-state index in [4.69, 9.17) is 19.9 Å². The van der Waals surface area contributed by atoms with Crippen molar-refractivity contribution in [1.29, 1.82) is 0 Å². The van der Waals surface area contributed by atoms with Crippen LogP contribution < -0.4 is 5.73 Å². The first kappa shape index (κ1) is 12.8. The number of nitrogens with two attached hydrogens (primary N) is 1. The summed E-state index contributed by atoms with van der Waals surface area (Å²) in [4.78, 5) is 2.46. The minimum atomic E-state index is -0.342. The van der Waals surface area contributed by atoms with Crippen molar-refractivity contribution in [2.75, 3.05) is 33.4 Å². The van der Waals surface area contributed by atoms with Gasteiger partial charge in [-0.2, -0.15) is 0 Å². The van der Waals surface area contributed by atoms with Gasteiger partial charge in [0, 0.05) is 45.1 Å². The second kappa shape index (κ2) is 5.06. The molecule has 0 aromatic carbocycles. The third-order valence-corrected chi connectivity index (χ3v) is 4.67. The fourth-order valence-electron chi connectivity index (χ4n) is 3.56. The van der Waals surface area contributed by atoms with Crippen molar-refractivity contribution in [2.45, 2.75) is 49.7 Å². The zero-order valence-electron chi connectivity index (χ0n) is 11.1. The van der Waals surface area contributed by atoms with Crippen LogP contribution in [-0.2, 0) is 14.2 Å². The van der Waals surface area contributed by atoms with Crippen LogP contribution in [0.4, 0.5) is 0 Å². The van der Waals surface area contributed by atoms with Gasteiger partial charge in [-0.15, -0.1) is 0 Å². The molecule has 1 spiro atoms. The predicted molar refractivity (Wildman–Crippen MR) is 67.2 cm³/mol. The number of likely N-dealkylation sites (tertiary alicyclic amines) is 1. The van der Waals surface area contributed by atoms with E-state index >= 15 is 0 Å². The van der Waals surface area contributed by atoms with Crippen LogP contribution in [0.5, 0.6) is 0 Å². The van der Waals surface area contributed by atoms with Crippen LogP contribution in [-0.4, -0.2) is 62.3 Å². The van der Waals surface area contributed by atoms with Crippen LogP contribution in [0, 0.1) is 0 Å². The summed E-state index contributed by atoms with van der Waals surface area (Å²) in [6.07, 6.45) is 4.30. The van der Waals surface area contributed by atoms with Crippen molar-refractivity contribution in [3.05, 3.63) is 0 Å². The Morgan fingerprint density at radius 2 is 2.06 bits per heavy atom. The summed E-state index contributed by atoms with van der Waals surface area (Å²) in [6, 6.07) is 0.607. The Morgan fingerprint density at radius 1 is 1.28 bits per heavy atom. The molecule has 3 unspecified atom stereocenters. The largest absolute Gasteiger partial charge is 0.380 e. The van der Waals surface area contributed by atoms with E-state index in [1.54, 1.807) is 7.11 Å². The van der Waals surface area contributed by atoms with E-state index < -0.39 is 0 Å². The van der Waals surface area contributed by atoms with Crippen LogP contribution in [0.1, 0.15) is 25.7 Å². The van der Waals surface area contributed by atoms with Crippen molar-refractivity contribution in [2.24, 2.45) is 5.73 Å². The van der Waals surface area contributed by atoms with Crippen molar-refractivity contribution in [3.8, 4) is 0 Å². The van der Waals surface area contributed by atoms with E-state index in [-0.39, 0.29) is 11.8 Å². The highest BCUT2D eigenvalue weighted by molar-refractivity contribution is 4.97. The summed E-state index contributed by atoms with van der Waals surface area (Å²) in [5.74, 6) is -0.342. The summed E-state index contributed by atoms with van der Waals surface area (Å²) >= 11 is 0. The van der Waals surface area contributed by atoms with Gasteiger partial charge in [-0.3, -0.25) is 4.90 Å². The van der Waals surface area contributed by atoms with Crippen molar-refractivity contribution in [1.82, 2.24) is 4.90 Å². The Labute approximate surface area is 109 Å². The standard InChI is InChI=1S/C13H24N2O3/c1-16-10-3-5-15(9-10)12-8-13(4-2-11(12)14)17-6-7-18-13/h10-12H,2-9,14H2,1H3. The normalized spacial score (nSPS) is 40.7. The van der Waals surface area contributed by atoms with E-state index in [1.807, 2.05) is 0 Å². The van der Waals surface area contributed by atoms with Gasteiger partial charge in [-0.05, 0) is 12.8 Å². The van der Waals surface area contributed by atoms with Gasteiger partial charge in [-0.1, -0.05) is 0 Å². The minimum absolute atomic E-state index is 0.235. The molecule has 0 amide bonds. The fraction of sp³-hybridized carbons (Fsp3) is 1.00. The molecule has 0 bridgehead atoms. The number of methoxy groups -OCH3 is 1. The summed E-state index contributed by atoms with van der Waals surface area (Å²) in [6.45, 7) is 3.52. The van der Waals surface area contributed by atoms with Crippen LogP contribution in [0.15, 0.2) is 0 Å². The van der Waals surface area contributed by atoms with Gasteiger partial charge in [0.05, 0.1) is 19.3 Å². The Bertz CT molecular complexity index is 294. The number of hydrogen-bond donors (Lipinski definition) is 1.